The van der Waals surface area contributed by atoms with Crippen molar-refractivity contribution in [3.8, 4) is 0 Å². The molecule has 0 aromatic heterocycles. The Morgan fingerprint density at radius 1 is 1.08 bits per heavy atom. The number of hydrogen-bond acceptors (Lipinski definition) is 3. The fourth-order valence-electron chi connectivity index (χ4n) is 3.57. The Labute approximate surface area is 149 Å². The van der Waals surface area contributed by atoms with Gasteiger partial charge in [0.1, 0.15) is 0 Å². The van der Waals surface area contributed by atoms with Crippen molar-refractivity contribution in [3.63, 3.8) is 0 Å². The Hall–Kier alpha value is -2.14. The standard InChI is InChI=1S/C20H27N3O2/c24-19(15-23-13-11-17-8-4-5-9-18(17)14-23)22-20(25)21-12-10-16-6-2-1-3-7-16/h4-6,8-9H,1-3,7,10-15H2,(H2,21,22,24,25). The molecule has 1 aliphatic heterocycles. The number of benzene rings is 1. The Bertz CT molecular complexity index is 654. The first-order valence-electron chi connectivity index (χ1n) is 9.25. The minimum absolute atomic E-state index is 0.242. The number of carbonyl (C=O) groups is 2. The molecule has 3 amide bonds. The van der Waals surface area contributed by atoms with Crippen molar-refractivity contribution in [1.82, 2.24) is 15.5 Å². The van der Waals surface area contributed by atoms with E-state index in [-0.39, 0.29) is 18.5 Å². The van der Waals surface area contributed by atoms with Gasteiger partial charge in [-0.25, -0.2) is 4.79 Å². The zero-order valence-electron chi connectivity index (χ0n) is 14.7. The largest absolute Gasteiger partial charge is 0.337 e. The van der Waals surface area contributed by atoms with Crippen LogP contribution in [0.3, 0.4) is 0 Å². The van der Waals surface area contributed by atoms with E-state index < -0.39 is 0 Å². The SMILES string of the molecule is O=C(CN1CCc2ccccc2C1)NC(=O)NCCC1=CCCCC1. The number of fused-ring (bicyclic) bond motifs is 1. The Morgan fingerprint density at radius 2 is 1.92 bits per heavy atom. The number of allylic oxidation sites excluding steroid dienone is 1. The van der Waals surface area contributed by atoms with Crippen molar-refractivity contribution in [3.05, 3.63) is 47.0 Å². The minimum atomic E-state index is -0.390. The van der Waals surface area contributed by atoms with E-state index in [2.05, 4.69) is 39.8 Å². The third-order valence-corrected chi connectivity index (χ3v) is 4.95. The van der Waals surface area contributed by atoms with Gasteiger partial charge in [0.2, 0.25) is 5.91 Å². The first kappa shape index (κ1) is 17.7. The molecular weight excluding hydrogens is 314 g/mol. The van der Waals surface area contributed by atoms with E-state index in [4.69, 9.17) is 0 Å². The number of nitrogens with zero attached hydrogens (tertiary/aromatic N) is 1. The molecule has 0 spiro atoms. The number of imide groups is 1. The quantitative estimate of drug-likeness (QED) is 0.810. The zero-order valence-corrected chi connectivity index (χ0v) is 14.7. The molecule has 0 saturated heterocycles. The molecule has 0 unspecified atom stereocenters. The van der Waals surface area contributed by atoms with Crippen LogP contribution in [0.4, 0.5) is 4.79 Å². The number of urea groups is 1. The molecule has 2 aliphatic rings. The summed E-state index contributed by atoms with van der Waals surface area (Å²) in [6, 6.07) is 7.93. The summed E-state index contributed by atoms with van der Waals surface area (Å²) in [5, 5.41) is 5.22. The fraction of sp³-hybridized carbons (Fsp3) is 0.500. The smallest absolute Gasteiger partial charge is 0.321 e. The third-order valence-electron chi connectivity index (χ3n) is 4.95. The molecule has 5 nitrogen and oxygen atoms in total. The highest BCUT2D eigenvalue weighted by atomic mass is 16.2. The molecule has 1 heterocycles. The Morgan fingerprint density at radius 3 is 2.72 bits per heavy atom. The van der Waals surface area contributed by atoms with Gasteiger partial charge in [-0.2, -0.15) is 0 Å². The van der Waals surface area contributed by atoms with Crippen LogP contribution in [0.2, 0.25) is 0 Å². The fourth-order valence-corrected chi connectivity index (χ4v) is 3.57. The van der Waals surface area contributed by atoms with Gasteiger partial charge in [-0.15, -0.1) is 0 Å². The van der Waals surface area contributed by atoms with Crippen LogP contribution >= 0.6 is 0 Å². The number of carbonyl (C=O) groups excluding carboxylic acids is 2. The van der Waals surface area contributed by atoms with Gasteiger partial charge < -0.3 is 5.32 Å². The van der Waals surface area contributed by atoms with Crippen LogP contribution in [0, 0.1) is 0 Å². The van der Waals surface area contributed by atoms with Gasteiger partial charge in [-0.3, -0.25) is 15.0 Å². The molecule has 1 aromatic carbocycles. The minimum Gasteiger partial charge on any atom is -0.337 e. The van der Waals surface area contributed by atoms with Gasteiger partial charge in [0.15, 0.2) is 0 Å². The summed E-state index contributed by atoms with van der Waals surface area (Å²) in [4.78, 5) is 26.0. The Balaban J connectivity index is 1.36. The van der Waals surface area contributed by atoms with Gasteiger partial charge >= 0.3 is 6.03 Å². The summed E-state index contributed by atoms with van der Waals surface area (Å²) in [6.07, 6.45) is 8.91. The molecule has 2 N–H and O–H groups in total. The maximum Gasteiger partial charge on any atom is 0.321 e. The van der Waals surface area contributed by atoms with Crippen molar-refractivity contribution in [1.29, 1.82) is 0 Å². The summed E-state index contributed by atoms with van der Waals surface area (Å²) in [5.74, 6) is -0.242. The number of hydrogen-bond donors (Lipinski definition) is 2. The topological polar surface area (TPSA) is 61.4 Å². The average molecular weight is 341 g/mol. The second-order valence-electron chi connectivity index (χ2n) is 6.89. The van der Waals surface area contributed by atoms with Gasteiger partial charge in [0, 0.05) is 19.6 Å². The second-order valence-corrected chi connectivity index (χ2v) is 6.89. The molecule has 0 saturated carbocycles. The number of rotatable bonds is 5. The Kier molecular flexibility index (Phi) is 6.23. The summed E-state index contributed by atoms with van der Waals surface area (Å²) in [7, 11) is 0. The molecule has 5 heteroatoms. The summed E-state index contributed by atoms with van der Waals surface area (Å²) in [5.41, 5.74) is 4.05. The van der Waals surface area contributed by atoms with E-state index in [0.717, 1.165) is 38.8 Å². The summed E-state index contributed by atoms with van der Waals surface area (Å²) >= 11 is 0. The van der Waals surface area contributed by atoms with E-state index in [1.807, 2.05) is 6.07 Å². The van der Waals surface area contributed by atoms with Crippen LogP contribution in [-0.2, 0) is 17.8 Å². The van der Waals surface area contributed by atoms with Gasteiger partial charge in [-0.1, -0.05) is 35.9 Å². The summed E-state index contributed by atoms with van der Waals surface area (Å²) < 4.78 is 0. The van der Waals surface area contributed by atoms with E-state index in [0.29, 0.717) is 6.54 Å². The zero-order chi connectivity index (χ0) is 17.5. The summed E-state index contributed by atoms with van der Waals surface area (Å²) in [6.45, 7) is 2.45. The van der Waals surface area contributed by atoms with Gasteiger partial charge in [0.05, 0.1) is 6.54 Å². The number of amides is 3. The van der Waals surface area contributed by atoms with Crippen LogP contribution < -0.4 is 10.6 Å². The van der Waals surface area contributed by atoms with Crippen LogP contribution in [0.25, 0.3) is 0 Å². The van der Waals surface area contributed by atoms with E-state index in [1.165, 1.54) is 29.5 Å². The van der Waals surface area contributed by atoms with Gasteiger partial charge in [-0.05, 0) is 49.7 Å². The average Bonchev–Trinajstić information content (AvgIpc) is 2.62. The molecule has 0 radical (unpaired) electrons. The van der Waals surface area contributed by atoms with E-state index >= 15 is 0 Å². The lowest BCUT2D eigenvalue weighted by Crippen LogP contribution is -2.45. The monoisotopic (exact) mass is 341 g/mol. The van der Waals surface area contributed by atoms with Crippen LogP contribution in [-0.4, -0.2) is 36.5 Å². The maximum absolute atomic E-state index is 12.1. The maximum atomic E-state index is 12.1. The molecular formula is C20H27N3O2. The van der Waals surface area contributed by atoms with Crippen molar-refractivity contribution in [2.24, 2.45) is 0 Å². The van der Waals surface area contributed by atoms with Crippen molar-refractivity contribution in [2.75, 3.05) is 19.6 Å². The van der Waals surface area contributed by atoms with Crippen molar-refractivity contribution >= 4 is 11.9 Å². The lowest BCUT2D eigenvalue weighted by Gasteiger charge is -2.27. The highest BCUT2D eigenvalue weighted by Crippen LogP contribution is 2.19. The molecule has 25 heavy (non-hydrogen) atoms. The highest BCUT2D eigenvalue weighted by Gasteiger charge is 2.18. The lowest BCUT2D eigenvalue weighted by molar-refractivity contribution is -0.121. The molecule has 1 aliphatic carbocycles. The van der Waals surface area contributed by atoms with Crippen LogP contribution in [0.15, 0.2) is 35.9 Å². The van der Waals surface area contributed by atoms with Gasteiger partial charge in [0.25, 0.3) is 0 Å². The first-order valence-corrected chi connectivity index (χ1v) is 9.25. The highest BCUT2D eigenvalue weighted by molar-refractivity contribution is 5.95. The van der Waals surface area contributed by atoms with Crippen LogP contribution in [0.1, 0.15) is 43.2 Å². The van der Waals surface area contributed by atoms with Crippen molar-refractivity contribution < 1.29 is 9.59 Å². The molecule has 0 bridgehead atoms. The predicted octanol–water partition coefficient (Wildman–Crippen LogP) is 2.76. The van der Waals surface area contributed by atoms with Crippen molar-refractivity contribution in [2.45, 2.75) is 45.1 Å². The molecule has 134 valence electrons. The molecule has 1 aromatic rings. The first-order chi connectivity index (χ1) is 12.2. The lowest BCUT2D eigenvalue weighted by atomic mass is 9.97. The molecule has 0 atom stereocenters. The van der Waals surface area contributed by atoms with Crippen LogP contribution in [0.5, 0.6) is 0 Å². The molecule has 3 rings (SSSR count). The van der Waals surface area contributed by atoms with E-state index in [1.54, 1.807) is 0 Å². The predicted molar refractivity (Wildman–Crippen MR) is 98.1 cm³/mol. The van der Waals surface area contributed by atoms with E-state index in [9.17, 15) is 9.59 Å². The third kappa shape index (κ3) is 5.43. The number of nitrogens with one attached hydrogen (secondary N) is 2. The normalized spacial score (nSPS) is 17.4. The second kappa shape index (κ2) is 8.81. The molecule has 0 fully saturated rings.